The summed E-state index contributed by atoms with van der Waals surface area (Å²) in [6.45, 7) is 0. The fraction of sp³-hybridized carbons (Fsp3) is 0.200. The van der Waals surface area contributed by atoms with Crippen LogP contribution < -0.4 is 11.1 Å². The van der Waals surface area contributed by atoms with E-state index in [0.29, 0.717) is 16.6 Å². The second-order valence-corrected chi connectivity index (χ2v) is 5.49. The molecule has 0 fully saturated rings. The maximum absolute atomic E-state index is 14.2. The molecule has 0 unspecified atom stereocenters. The summed E-state index contributed by atoms with van der Waals surface area (Å²) in [4.78, 5) is 4.06. The highest BCUT2D eigenvalue weighted by atomic mass is 19.3. The standard InChI is InChI=1S/C15H12F3N5/c16-10-6-8-12(19)22-23-13(8)21-14(10)20-11-3-1-2-9-7(11)4-5-15(9,17)18/h1-3,6H,4-5H2,(H4,19,20,21,22,23). The highest BCUT2D eigenvalue weighted by molar-refractivity contribution is 5.87. The van der Waals surface area contributed by atoms with Crippen LogP contribution in [0.25, 0.3) is 11.0 Å². The van der Waals surface area contributed by atoms with E-state index in [9.17, 15) is 13.2 Å². The summed E-state index contributed by atoms with van der Waals surface area (Å²) in [6, 6.07) is 5.75. The maximum atomic E-state index is 14.2. The molecule has 2 aromatic heterocycles. The first kappa shape index (κ1) is 13.9. The van der Waals surface area contributed by atoms with E-state index in [1.807, 2.05) is 0 Å². The van der Waals surface area contributed by atoms with Gasteiger partial charge in [-0.25, -0.2) is 18.2 Å². The molecule has 0 saturated carbocycles. The van der Waals surface area contributed by atoms with E-state index in [0.717, 1.165) is 0 Å². The second kappa shape index (κ2) is 4.61. The zero-order chi connectivity index (χ0) is 16.2. The lowest BCUT2D eigenvalue weighted by atomic mass is 10.1. The van der Waals surface area contributed by atoms with Crippen LogP contribution in [0.2, 0.25) is 0 Å². The molecule has 1 aromatic carbocycles. The number of nitrogen functional groups attached to an aromatic ring is 1. The molecule has 2 heterocycles. The van der Waals surface area contributed by atoms with Crippen LogP contribution in [-0.2, 0) is 12.3 Å². The summed E-state index contributed by atoms with van der Waals surface area (Å²) in [5.74, 6) is -3.33. The van der Waals surface area contributed by atoms with Crippen LogP contribution in [0.15, 0.2) is 24.3 Å². The molecular formula is C15H12F3N5. The van der Waals surface area contributed by atoms with E-state index in [-0.39, 0.29) is 35.7 Å². The van der Waals surface area contributed by atoms with Crippen molar-refractivity contribution in [3.63, 3.8) is 0 Å². The van der Waals surface area contributed by atoms with Crippen LogP contribution in [0.4, 0.5) is 30.5 Å². The van der Waals surface area contributed by atoms with Crippen molar-refractivity contribution in [1.29, 1.82) is 0 Å². The van der Waals surface area contributed by atoms with Crippen LogP contribution in [0.1, 0.15) is 17.5 Å². The Labute approximate surface area is 128 Å². The largest absolute Gasteiger partial charge is 0.384 e. The average molecular weight is 319 g/mol. The third-order valence-electron chi connectivity index (χ3n) is 4.04. The fourth-order valence-electron chi connectivity index (χ4n) is 2.88. The number of nitrogens with zero attached hydrogens (tertiary/aromatic N) is 2. The van der Waals surface area contributed by atoms with Gasteiger partial charge in [-0.1, -0.05) is 12.1 Å². The highest BCUT2D eigenvalue weighted by Gasteiger charge is 2.40. The zero-order valence-corrected chi connectivity index (χ0v) is 11.8. The van der Waals surface area contributed by atoms with Crippen LogP contribution >= 0.6 is 0 Å². The second-order valence-electron chi connectivity index (χ2n) is 5.49. The van der Waals surface area contributed by atoms with E-state index < -0.39 is 11.7 Å². The number of nitrogens with two attached hydrogens (primary N) is 1. The SMILES string of the molecule is Nc1[nH]nc2nc(Nc3cccc4c3CCC4(F)F)c(F)cc12. The van der Waals surface area contributed by atoms with Crippen LogP contribution in [0.5, 0.6) is 0 Å². The van der Waals surface area contributed by atoms with Gasteiger partial charge in [0.15, 0.2) is 17.3 Å². The summed E-state index contributed by atoms with van der Waals surface area (Å²) >= 11 is 0. The fourth-order valence-corrected chi connectivity index (χ4v) is 2.88. The quantitative estimate of drug-likeness (QED) is 0.676. The molecule has 1 aliphatic carbocycles. The van der Waals surface area contributed by atoms with Crippen molar-refractivity contribution in [3.8, 4) is 0 Å². The number of pyridine rings is 1. The summed E-state index contributed by atoms with van der Waals surface area (Å²) in [5.41, 5.74) is 6.77. The first-order valence-electron chi connectivity index (χ1n) is 7.03. The Kier molecular flexibility index (Phi) is 2.78. The Morgan fingerprint density at radius 3 is 2.96 bits per heavy atom. The smallest absolute Gasteiger partial charge is 0.273 e. The number of hydrogen-bond donors (Lipinski definition) is 3. The molecule has 0 aliphatic heterocycles. The molecule has 0 saturated heterocycles. The number of hydrogen-bond acceptors (Lipinski definition) is 4. The molecule has 0 radical (unpaired) electrons. The predicted octanol–water partition coefficient (Wildman–Crippen LogP) is 3.46. The molecule has 8 heteroatoms. The molecule has 118 valence electrons. The lowest BCUT2D eigenvalue weighted by Crippen LogP contribution is -2.07. The Bertz CT molecular complexity index is 919. The van der Waals surface area contributed by atoms with Crippen molar-refractivity contribution in [3.05, 3.63) is 41.2 Å². The van der Waals surface area contributed by atoms with Crippen molar-refractivity contribution in [1.82, 2.24) is 15.2 Å². The molecule has 4 N–H and O–H groups in total. The normalized spacial score (nSPS) is 15.8. The van der Waals surface area contributed by atoms with Crippen molar-refractivity contribution >= 4 is 28.4 Å². The maximum Gasteiger partial charge on any atom is 0.273 e. The zero-order valence-electron chi connectivity index (χ0n) is 11.8. The van der Waals surface area contributed by atoms with Gasteiger partial charge in [-0.3, -0.25) is 5.10 Å². The molecule has 23 heavy (non-hydrogen) atoms. The number of alkyl halides is 2. The number of nitrogens with one attached hydrogen (secondary N) is 2. The minimum absolute atomic E-state index is 0.0204. The topological polar surface area (TPSA) is 79.6 Å². The number of rotatable bonds is 2. The predicted molar refractivity (Wildman–Crippen MR) is 80.2 cm³/mol. The molecule has 5 nitrogen and oxygen atoms in total. The molecule has 1 aliphatic rings. The molecule has 0 atom stereocenters. The van der Waals surface area contributed by atoms with Crippen molar-refractivity contribution in [2.75, 3.05) is 11.1 Å². The lowest BCUT2D eigenvalue weighted by molar-refractivity contribution is -0.00183. The lowest BCUT2D eigenvalue weighted by Gasteiger charge is -2.13. The summed E-state index contributed by atoms with van der Waals surface area (Å²) < 4.78 is 41.8. The van der Waals surface area contributed by atoms with Gasteiger partial charge in [-0.05, 0) is 24.1 Å². The highest BCUT2D eigenvalue weighted by Crippen LogP contribution is 2.44. The summed E-state index contributed by atoms with van der Waals surface area (Å²) in [6.07, 6.45) is -0.0173. The van der Waals surface area contributed by atoms with Crippen molar-refractivity contribution in [2.24, 2.45) is 0 Å². The first-order valence-corrected chi connectivity index (χ1v) is 7.03. The van der Waals surface area contributed by atoms with Gasteiger partial charge in [0.2, 0.25) is 0 Å². The number of aromatic nitrogens is 3. The van der Waals surface area contributed by atoms with Gasteiger partial charge in [0.05, 0.1) is 5.39 Å². The molecule has 3 aromatic rings. The minimum Gasteiger partial charge on any atom is -0.384 e. The average Bonchev–Trinajstić information content (AvgIpc) is 3.02. The molecular weight excluding hydrogens is 307 g/mol. The van der Waals surface area contributed by atoms with Gasteiger partial charge in [0.25, 0.3) is 5.92 Å². The van der Waals surface area contributed by atoms with E-state index in [1.165, 1.54) is 18.2 Å². The van der Waals surface area contributed by atoms with Gasteiger partial charge >= 0.3 is 0 Å². The third kappa shape index (κ3) is 2.09. The first-order chi connectivity index (χ1) is 11.0. The monoisotopic (exact) mass is 319 g/mol. The Hall–Kier alpha value is -2.77. The Morgan fingerprint density at radius 2 is 2.13 bits per heavy atom. The van der Waals surface area contributed by atoms with Crippen molar-refractivity contribution in [2.45, 2.75) is 18.8 Å². The van der Waals surface area contributed by atoms with Crippen molar-refractivity contribution < 1.29 is 13.2 Å². The third-order valence-corrected chi connectivity index (χ3v) is 4.04. The van der Waals surface area contributed by atoms with E-state index in [1.54, 1.807) is 6.07 Å². The van der Waals surface area contributed by atoms with E-state index >= 15 is 0 Å². The van der Waals surface area contributed by atoms with Gasteiger partial charge in [-0.15, -0.1) is 0 Å². The minimum atomic E-state index is -2.85. The number of fused-ring (bicyclic) bond motifs is 2. The van der Waals surface area contributed by atoms with Gasteiger partial charge in [-0.2, -0.15) is 5.10 Å². The number of halogens is 3. The molecule has 4 rings (SSSR count). The molecule has 0 bridgehead atoms. The molecule has 0 amide bonds. The Balaban J connectivity index is 1.78. The summed E-state index contributed by atoms with van der Waals surface area (Å²) in [7, 11) is 0. The van der Waals surface area contributed by atoms with Gasteiger partial charge in [0, 0.05) is 17.7 Å². The molecule has 0 spiro atoms. The number of H-pyrrole nitrogens is 1. The van der Waals surface area contributed by atoms with Crippen LogP contribution in [0, 0.1) is 5.82 Å². The number of aromatic amines is 1. The number of anilines is 3. The van der Waals surface area contributed by atoms with E-state index in [2.05, 4.69) is 20.5 Å². The van der Waals surface area contributed by atoms with Crippen LogP contribution in [0.3, 0.4) is 0 Å². The Morgan fingerprint density at radius 1 is 1.30 bits per heavy atom. The summed E-state index contributed by atoms with van der Waals surface area (Å²) in [5, 5.41) is 9.56. The van der Waals surface area contributed by atoms with Crippen LogP contribution in [-0.4, -0.2) is 15.2 Å². The van der Waals surface area contributed by atoms with Gasteiger partial charge in [0.1, 0.15) is 5.82 Å². The number of benzene rings is 1. The van der Waals surface area contributed by atoms with E-state index in [4.69, 9.17) is 5.73 Å². The van der Waals surface area contributed by atoms with Gasteiger partial charge < -0.3 is 11.1 Å².